The third-order valence-corrected chi connectivity index (χ3v) is 3.98. The van der Waals surface area contributed by atoms with E-state index in [0.717, 1.165) is 17.7 Å². The van der Waals surface area contributed by atoms with Crippen molar-refractivity contribution >= 4 is 17.4 Å². The number of hydrogen-bond donors (Lipinski definition) is 1. The zero-order valence-electron chi connectivity index (χ0n) is 14.2. The molecule has 1 aliphatic rings. The predicted octanol–water partition coefficient (Wildman–Crippen LogP) is 3.76. The Kier molecular flexibility index (Phi) is 5.33. The van der Waals surface area contributed by atoms with Crippen molar-refractivity contribution in [3.05, 3.63) is 53.6 Å². The van der Waals surface area contributed by atoms with Gasteiger partial charge in [0.05, 0.1) is 13.2 Å². The number of rotatable bonds is 5. The average Bonchev–Trinajstić information content (AvgIpc) is 2.86. The van der Waals surface area contributed by atoms with Crippen molar-refractivity contribution in [2.45, 2.75) is 26.2 Å². The number of Topliss-reactive ketones (excluding diaryl/α,β-unsaturated/α-hetero) is 1. The average molecular weight is 339 g/mol. The number of aryl methyl sites for hydroxylation is 1. The van der Waals surface area contributed by atoms with Crippen LogP contribution in [0.5, 0.6) is 11.5 Å². The van der Waals surface area contributed by atoms with E-state index in [1.807, 2.05) is 31.2 Å². The van der Waals surface area contributed by atoms with Crippen LogP contribution >= 0.6 is 0 Å². The van der Waals surface area contributed by atoms with Gasteiger partial charge < -0.3 is 14.8 Å². The summed E-state index contributed by atoms with van der Waals surface area (Å²) in [6.45, 7) is 3.17. The maximum atomic E-state index is 12.3. The van der Waals surface area contributed by atoms with Crippen LogP contribution in [0.15, 0.2) is 42.5 Å². The van der Waals surface area contributed by atoms with E-state index in [9.17, 15) is 9.59 Å². The van der Waals surface area contributed by atoms with Crippen LogP contribution < -0.4 is 14.8 Å². The first-order valence-electron chi connectivity index (χ1n) is 8.41. The third kappa shape index (κ3) is 4.59. The number of benzene rings is 2. The van der Waals surface area contributed by atoms with Crippen LogP contribution in [0.1, 0.15) is 35.2 Å². The first-order valence-corrected chi connectivity index (χ1v) is 8.41. The molecule has 0 fully saturated rings. The zero-order chi connectivity index (χ0) is 17.6. The third-order valence-electron chi connectivity index (χ3n) is 3.98. The maximum Gasteiger partial charge on any atom is 0.224 e. The molecule has 25 heavy (non-hydrogen) atoms. The van der Waals surface area contributed by atoms with Crippen molar-refractivity contribution in [1.82, 2.24) is 0 Å². The van der Waals surface area contributed by atoms with Crippen molar-refractivity contribution in [2.24, 2.45) is 0 Å². The van der Waals surface area contributed by atoms with Gasteiger partial charge in [-0.3, -0.25) is 9.59 Å². The van der Waals surface area contributed by atoms with Gasteiger partial charge >= 0.3 is 0 Å². The molecule has 0 unspecified atom stereocenters. The molecular weight excluding hydrogens is 318 g/mol. The van der Waals surface area contributed by atoms with E-state index in [1.54, 1.807) is 18.2 Å². The molecule has 2 aromatic rings. The number of amides is 1. The Bertz CT molecular complexity index is 768. The Balaban J connectivity index is 1.56. The van der Waals surface area contributed by atoms with Crippen LogP contribution in [0, 0.1) is 6.92 Å². The van der Waals surface area contributed by atoms with E-state index in [2.05, 4.69) is 5.32 Å². The number of ketones is 1. The molecule has 0 saturated heterocycles. The molecule has 5 nitrogen and oxygen atoms in total. The van der Waals surface area contributed by atoms with Crippen molar-refractivity contribution in [3.8, 4) is 11.5 Å². The maximum absolute atomic E-state index is 12.3. The van der Waals surface area contributed by atoms with Gasteiger partial charge in [-0.15, -0.1) is 0 Å². The number of hydrogen-bond acceptors (Lipinski definition) is 4. The van der Waals surface area contributed by atoms with Gasteiger partial charge in [-0.2, -0.15) is 0 Å². The molecule has 0 radical (unpaired) electrons. The molecule has 1 heterocycles. The second-order valence-electron chi connectivity index (χ2n) is 6.05. The minimum atomic E-state index is -0.174. The highest BCUT2D eigenvalue weighted by Crippen LogP contribution is 2.30. The highest BCUT2D eigenvalue weighted by atomic mass is 16.5. The van der Waals surface area contributed by atoms with Crippen molar-refractivity contribution in [3.63, 3.8) is 0 Å². The molecule has 0 bridgehead atoms. The Hall–Kier alpha value is -2.82. The van der Waals surface area contributed by atoms with Gasteiger partial charge in [0.1, 0.15) is 0 Å². The lowest BCUT2D eigenvalue weighted by Crippen LogP contribution is -2.13. The number of anilines is 1. The van der Waals surface area contributed by atoms with E-state index < -0.39 is 0 Å². The summed E-state index contributed by atoms with van der Waals surface area (Å²) in [7, 11) is 0. The summed E-state index contributed by atoms with van der Waals surface area (Å²) in [6.07, 6.45) is 1.11. The quantitative estimate of drug-likeness (QED) is 0.843. The summed E-state index contributed by atoms with van der Waals surface area (Å²) < 4.78 is 11.2. The van der Waals surface area contributed by atoms with Gasteiger partial charge in [-0.1, -0.05) is 17.7 Å². The fourth-order valence-electron chi connectivity index (χ4n) is 2.57. The normalized spacial score (nSPS) is 13.0. The lowest BCUT2D eigenvalue weighted by atomic mass is 10.1. The van der Waals surface area contributed by atoms with Crippen molar-refractivity contribution in [2.75, 3.05) is 18.5 Å². The second-order valence-corrected chi connectivity index (χ2v) is 6.05. The number of carbonyl (C=O) groups is 2. The molecule has 1 aliphatic heterocycles. The smallest absolute Gasteiger partial charge is 0.224 e. The largest absolute Gasteiger partial charge is 0.490 e. The monoisotopic (exact) mass is 339 g/mol. The van der Waals surface area contributed by atoms with Crippen molar-refractivity contribution < 1.29 is 19.1 Å². The van der Waals surface area contributed by atoms with Crippen LogP contribution in [0.3, 0.4) is 0 Å². The molecule has 130 valence electrons. The summed E-state index contributed by atoms with van der Waals surface area (Å²) in [5, 5.41) is 2.80. The second kappa shape index (κ2) is 7.83. The highest BCUT2D eigenvalue weighted by molar-refractivity contribution is 6.00. The van der Waals surface area contributed by atoms with Gasteiger partial charge in [-0.25, -0.2) is 0 Å². The minimum absolute atomic E-state index is 0.0882. The van der Waals surface area contributed by atoms with E-state index in [4.69, 9.17) is 9.47 Å². The number of ether oxygens (including phenoxy) is 2. The molecular formula is C20H21NO4. The topological polar surface area (TPSA) is 64.6 Å². The van der Waals surface area contributed by atoms with Gasteiger partial charge in [0.15, 0.2) is 17.3 Å². The SMILES string of the molecule is Cc1ccc(NC(=O)CCC(=O)c2ccc3c(c2)OCCCO3)cc1. The lowest BCUT2D eigenvalue weighted by Gasteiger charge is -2.09. The molecule has 0 saturated carbocycles. The predicted molar refractivity (Wildman–Crippen MR) is 95.4 cm³/mol. The number of carbonyl (C=O) groups excluding carboxylic acids is 2. The Morgan fingerprint density at radius 2 is 1.68 bits per heavy atom. The summed E-state index contributed by atoms with van der Waals surface area (Å²) in [5.74, 6) is 0.986. The Morgan fingerprint density at radius 3 is 2.44 bits per heavy atom. The van der Waals surface area contributed by atoms with Gasteiger partial charge in [-0.05, 0) is 37.3 Å². The fourth-order valence-corrected chi connectivity index (χ4v) is 2.57. The van der Waals surface area contributed by atoms with Crippen LogP contribution in [0.2, 0.25) is 0 Å². The first-order chi connectivity index (χ1) is 12.1. The van der Waals surface area contributed by atoms with Crippen LogP contribution in [-0.4, -0.2) is 24.9 Å². The van der Waals surface area contributed by atoms with E-state index in [1.165, 1.54) is 0 Å². The van der Waals surface area contributed by atoms with Gasteiger partial charge in [0.25, 0.3) is 0 Å². The number of nitrogens with one attached hydrogen (secondary N) is 1. The Morgan fingerprint density at radius 1 is 0.960 bits per heavy atom. The highest BCUT2D eigenvalue weighted by Gasteiger charge is 2.15. The minimum Gasteiger partial charge on any atom is -0.490 e. The van der Waals surface area contributed by atoms with E-state index >= 15 is 0 Å². The van der Waals surface area contributed by atoms with Crippen LogP contribution in [0.4, 0.5) is 5.69 Å². The molecule has 1 N–H and O–H groups in total. The number of fused-ring (bicyclic) bond motifs is 1. The van der Waals surface area contributed by atoms with E-state index in [-0.39, 0.29) is 24.5 Å². The van der Waals surface area contributed by atoms with Gasteiger partial charge in [0, 0.05) is 30.5 Å². The Labute approximate surface area is 147 Å². The fraction of sp³-hybridized carbons (Fsp3) is 0.300. The standard InChI is InChI=1S/C20H21NO4/c1-14-3-6-16(7-4-14)21-20(23)10-8-17(22)15-5-9-18-19(13-15)25-12-2-11-24-18/h3-7,9,13H,2,8,10-12H2,1H3,(H,21,23). The zero-order valence-corrected chi connectivity index (χ0v) is 14.2. The molecule has 5 heteroatoms. The molecule has 1 amide bonds. The summed E-state index contributed by atoms with van der Waals surface area (Å²) in [5.41, 5.74) is 2.40. The summed E-state index contributed by atoms with van der Waals surface area (Å²) >= 11 is 0. The van der Waals surface area contributed by atoms with Gasteiger partial charge in [0.2, 0.25) is 5.91 Å². The van der Waals surface area contributed by atoms with Crippen LogP contribution in [0.25, 0.3) is 0 Å². The first kappa shape index (κ1) is 17.0. The lowest BCUT2D eigenvalue weighted by molar-refractivity contribution is -0.116. The molecule has 3 rings (SSSR count). The molecule has 0 aliphatic carbocycles. The molecule has 0 aromatic heterocycles. The van der Waals surface area contributed by atoms with E-state index in [0.29, 0.717) is 30.3 Å². The molecule has 2 aromatic carbocycles. The molecule has 0 atom stereocenters. The van der Waals surface area contributed by atoms with Crippen molar-refractivity contribution in [1.29, 1.82) is 0 Å². The van der Waals surface area contributed by atoms with Crippen LogP contribution in [-0.2, 0) is 4.79 Å². The summed E-state index contributed by atoms with van der Waals surface area (Å²) in [4.78, 5) is 24.3. The summed E-state index contributed by atoms with van der Waals surface area (Å²) in [6, 6.07) is 12.7. The molecule has 0 spiro atoms.